The molecular weight excluding hydrogens is 368 g/mol. The van der Waals surface area contributed by atoms with Crippen molar-refractivity contribution in [3.8, 4) is 5.75 Å². The van der Waals surface area contributed by atoms with Crippen molar-refractivity contribution in [2.24, 2.45) is 5.92 Å². The van der Waals surface area contributed by atoms with Gasteiger partial charge in [-0.15, -0.1) is 0 Å². The molecule has 2 amide bonds. The van der Waals surface area contributed by atoms with Crippen LogP contribution in [0, 0.1) is 11.3 Å². The second kappa shape index (κ2) is 7.62. The van der Waals surface area contributed by atoms with E-state index in [0.717, 1.165) is 0 Å². The number of carbonyl (C=O) groups is 2. The molecule has 1 aromatic carbocycles. The molecule has 1 heterocycles. The van der Waals surface area contributed by atoms with Crippen LogP contribution in [0.5, 0.6) is 5.75 Å². The molecule has 4 N–H and O–H groups in total. The van der Waals surface area contributed by atoms with Crippen molar-refractivity contribution < 1.29 is 23.1 Å². The van der Waals surface area contributed by atoms with Gasteiger partial charge in [0.2, 0.25) is 11.8 Å². The average Bonchev–Trinajstić information content (AvgIpc) is 2.51. The molecule has 1 aromatic rings. The van der Waals surface area contributed by atoms with Gasteiger partial charge < -0.3 is 10.5 Å². The van der Waals surface area contributed by atoms with Gasteiger partial charge in [-0.1, -0.05) is 18.2 Å². The molecule has 0 saturated carbocycles. The Balaban J connectivity index is 2.50. The van der Waals surface area contributed by atoms with Crippen molar-refractivity contribution in [3.05, 3.63) is 48.0 Å². The monoisotopic (exact) mass is 383 g/mol. The van der Waals surface area contributed by atoms with Crippen molar-refractivity contribution in [2.45, 2.75) is 17.7 Å². The smallest absolute Gasteiger partial charge is 0.263 e. The molecule has 1 saturated heterocycles. The van der Waals surface area contributed by atoms with E-state index < -0.39 is 20.9 Å². The third-order valence-corrected chi connectivity index (χ3v) is 4.98. The van der Waals surface area contributed by atoms with Gasteiger partial charge in [-0.2, -0.15) is 0 Å². The normalized spacial score (nSPS) is 17.4. The summed E-state index contributed by atoms with van der Waals surface area (Å²) in [6.07, 6.45) is 0.311. The fraction of sp³-hybridized carbons (Fsp3) is 0.188. The zero-order valence-corrected chi connectivity index (χ0v) is 14.5. The van der Waals surface area contributed by atoms with Gasteiger partial charge in [0.1, 0.15) is 0 Å². The van der Waals surface area contributed by atoms with Crippen LogP contribution in [0.2, 0.25) is 0 Å². The van der Waals surface area contributed by atoms with Crippen molar-refractivity contribution in [1.82, 2.24) is 5.32 Å². The van der Waals surface area contributed by atoms with Gasteiger partial charge in [0.15, 0.2) is 0 Å². The van der Waals surface area contributed by atoms with Crippen LogP contribution in [-0.2, 0) is 18.6 Å². The summed E-state index contributed by atoms with van der Waals surface area (Å²) in [6, 6.07) is 9.47. The van der Waals surface area contributed by atoms with Gasteiger partial charge in [0.25, 0.3) is 14.8 Å². The molecule has 0 spiro atoms. The predicted octanol–water partition coefficient (Wildman–Crippen LogP) is 1.60. The van der Waals surface area contributed by atoms with Crippen molar-refractivity contribution in [1.29, 1.82) is 5.41 Å². The lowest BCUT2D eigenvalue weighted by Gasteiger charge is -2.21. The Hall–Kier alpha value is -2.45. The van der Waals surface area contributed by atoms with Crippen LogP contribution in [0.1, 0.15) is 18.4 Å². The number of carbonyl (C=O) groups excluding carboxylic acids is 2. The summed E-state index contributed by atoms with van der Waals surface area (Å²) in [5.74, 6) is -1.82. The van der Waals surface area contributed by atoms with Gasteiger partial charge in [-0.05, 0) is 24.6 Å². The molecule has 25 heavy (non-hydrogen) atoms. The maximum Gasteiger partial charge on any atom is 0.263 e. The minimum atomic E-state index is -3.94. The second-order valence-corrected chi connectivity index (χ2v) is 7.89. The first-order chi connectivity index (χ1) is 11.7. The minimum Gasteiger partial charge on any atom is -0.593 e. The fourth-order valence-corrected chi connectivity index (χ4v) is 3.12. The lowest BCUT2D eigenvalue weighted by molar-refractivity contribution is -0.134. The Bertz CT molecular complexity index is 897. The molecule has 0 radical (unpaired) electrons. The maximum absolute atomic E-state index is 11.9. The third kappa shape index (κ3) is 4.77. The third-order valence-electron chi connectivity index (χ3n) is 3.61. The largest absolute Gasteiger partial charge is 0.593 e. The van der Waals surface area contributed by atoms with E-state index >= 15 is 0 Å². The number of halogens is 1. The molecule has 1 fully saturated rings. The molecule has 1 aliphatic rings. The Morgan fingerprint density at radius 2 is 1.80 bits per heavy atom. The lowest BCUT2D eigenvalue weighted by Crippen LogP contribution is -2.43. The number of imide groups is 1. The molecular formula is C16H16ClN2O5S+. The van der Waals surface area contributed by atoms with Crippen LogP contribution in [-0.4, -0.2) is 31.1 Å². The standard InChI is InChI=1S/C16H15ClN2O5S/c17-25(23,24)10-4-1-2-7-13(20)11(6-3-5-10)15(18)12-8-9-14(21)19-16(12)22/h1-7,12,18,20H,8-9H2,(H,19,21,22)/p+1. The highest BCUT2D eigenvalue weighted by Gasteiger charge is 2.32. The Labute approximate surface area is 148 Å². The number of hydrogen-bond donors (Lipinski definition) is 2. The molecule has 0 bridgehead atoms. The van der Waals surface area contributed by atoms with Crippen LogP contribution < -0.4 is 5.32 Å². The first-order valence-electron chi connectivity index (χ1n) is 7.26. The SMILES string of the molecule is N=C(c1cccc(S(=O)(=O)Cl)ccccc1[OH2+])C1CCC(=O)NC1=O. The summed E-state index contributed by atoms with van der Waals surface area (Å²) in [4.78, 5) is 23.0. The zero-order chi connectivity index (χ0) is 18.6. The van der Waals surface area contributed by atoms with E-state index in [2.05, 4.69) is 5.32 Å². The van der Waals surface area contributed by atoms with Crippen LogP contribution in [0.4, 0.5) is 0 Å². The summed E-state index contributed by atoms with van der Waals surface area (Å²) in [5, 5.41) is 18.5. The van der Waals surface area contributed by atoms with Gasteiger partial charge in [-0.25, -0.2) is 8.42 Å². The van der Waals surface area contributed by atoms with E-state index in [1.807, 2.05) is 0 Å². The number of nitrogens with one attached hydrogen (secondary N) is 2. The zero-order valence-electron chi connectivity index (χ0n) is 13.0. The van der Waals surface area contributed by atoms with E-state index in [4.69, 9.17) is 21.2 Å². The predicted molar refractivity (Wildman–Crippen MR) is 92.9 cm³/mol. The van der Waals surface area contributed by atoms with E-state index in [1.54, 1.807) is 0 Å². The van der Waals surface area contributed by atoms with Crippen LogP contribution in [0.3, 0.4) is 0 Å². The van der Waals surface area contributed by atoms with Gasteiger partial charge >= 0.3 is 0 Å². The van der Waals surface area contributed by atoms with Gasteiger partial charge in [0.05, 0.1) is 22.1 Å². The van der Waals surface area contributed by atoms with Crippen LogP contribution in [0.25, 0.3) is 0 Å². The average molecular weight is 384 g/mol. The second-order valence-electron chi connectivity index (χ2n) is 5.33. The lowest BCUT2D eigenvalue weighted by atomic mass is 9.89. The first-order valence-corrected chi connectivity index (χ1v) is 9.57. The van der Waals surface area contributed by atoms with E-state index in [0.29, 0.717) is 0 Å². The highest BCUT2D eigenvalue weighted by atomic mass is 35.7. The molecule has 2 rings (SSSR count). The molecule has 7 nitrogen and oxygen atoms in total. The van der Waals surface area contributed by atoms with Crippen molar-refractivity contribution in [2.75, 3.05) is 0 Å². The minimum absolute atomic E-state index is 0.0128. The molecule has 1 atom stereocenters. The Morgan fingerprint density at radius 1 is 1.16 bits per heavy atom. The molecule has 1 unspecified atom stereocenters. The van der Waals surface area contributed by atoms with Crippen molar-refractivity contribution >= 4 is 37.3 Å². The van der Waals surface area contributed by atoms with E-state index in [1.165, 1.54) is 42.5 Å². The molecule has 132 valence electrons. The van der Waals surface area contributed by atoms with Crippen LogP contribution >= 0.6 is 10.7 Å². The summed E-state index contributed by atoms with van der Waals surface area (Å²) in [6.45, 7) is 0. The first kappa shape index (κ1) is 18.9. The molecule has 1 aliphatic heterocycles. The number of hydrogen-bond acceptors (Lipinski definition) is 5. The number of amides is 2. The summed E-state index contributed by atoms with van der Waals surface area (Å²) in [7, 11) is 1.40. The number of piperidine rings is 1. The number of rotatable bonds is 3. The topological polar surface area (TPSA) is 127 Å². The Morgan fingerprint density at radius 3 is 2.44 bits per heavy atom. The molecule has 9 heteroatoms. The van der Waals surface area contributed by atoms with Gasteiger partial charge in [-0.3, -0.25) is 14.9 Å². The van der Waals surface area contributed by atoms with Gasteiger partial charge in [0, 0.05) is 23.2 Å². The molecule has 0 aliphatic carbocycles. The van der Waals surface area contributed by atoms with Crippen molar-refractivity contribution in [3.63, 3.8) is 0 Å². The summed E-state index contributed by atoms with van der Waals surface area (Å²) < 4.78 is 22.9. The van der Waals surface area contributed by atoms with E-state index in [-0.39, 0.29) is 40.7 Å². The Kier molecular flexibility index (Phi) is 5.76. The summed E-state index contributed by atoms with van der Waals surface area (Å²) >= 11 is 0. The summed E-state index contributed by atoms with van der Waals surface area (Å²) in [5.41, 5.74) is 0.0488. The van der Waals surface area contributed by atoms with Crippen LogP contribution in [0.15, 0.2) is 47.4 Å². The fourth-order valence-electron chi connectivity index (χ4n) is 2.33. The highest BCUT2D eigenvalue weighted by Crippen LogP contribution is 2.23. The quantitative estimate of drug-likeness (QED) is 0.355. The van der Waals surface area contributed by atoms with E-state index in [9.17, 15) is 18.0 Å². The maximum atomic E-state index is 11.9. The molecule has 0 aromatic heterocycles. The highest BCUT2D eigenvalue weighted by molar-refractivity contribution is 8.13.